The minimum Gasteiger partial charge on any atom is -0.368 e. The molecule has 1 saturated carbocycles. The molecule has 7 nitrogen and oxygen atoms in total. The molecule has 0 saturated heterocycles. The molecule has 0 bridgehead atoms. The standard InChI is InChI=1S/C20H24N6O/c1-20(21,13-26-10-4-9-23-26)12-22-18-11-16(19(27)24-14-7-8-14)15-5-2-3-6-17(15)25-18/h2-6,9-11,14H,7-8,12-13,21H2,1H3,(H,22,25)(H,24,27). The Bertz CT molecular complexity index is 946. The van der Waals surface area contributed by atoms with Gasteiger partial charge in [0.25, 0.3) is 5.91 Å². The molecular weight excluding hydrogens is 340 g/mol. The lowest BCUT2D eigenvalue weighted by Crippen LogP contribution is -2.47. The van der Waals surface area contributed by atoms with Crippen molar-refractivity contribution in [1.82, 2.24) is 20.1 Å². The predicted octanol–water partition coefficient (Wildman–Crippen LogP) is 2.15. The SMILES string of the molecule is CC(N)(CNc1cc(C(=O)NC2CC2)c2ccccc2n1)Cn1cccn1. The minimum absolute atomic E-state index is 0.0498. The molecule has 0 radical (unpaired) electrons. The minimum atomic E-state index is -0.518. The number of amides is 1. The van der Waals surface area contributed by atoms with Crippen molar-refractivity contribution >= 4 is 22.6 Å². The van der Waals surface area contributed by atoms with Crippen LogP contribution in [-0.4, -0.2) is 38.8 Å². The van der Waals surface area contributed by atoms with Crippen molar-refractivity contribution < 1.29 is 4.79 Å². The highest BCUT2D eigenvalue weighted by molar-refractivity contribution is 6.07. The summed E-state index contributed by atoms with van der Waals surface area (Å²) in [6.45, 7) is 3.04. The van der Waals surface area contributed by atoms with Crippen molar-refractivity contribution in [3.8, 4) is 0 Å². The fourth-order valence-electron chi connectivity index (χ4n) is 3.06. The van der Waals surface area contributed by atoms with E-state index >= 15 is 0 Å². The summed E-state index contributed by atoms with van der Waals surface area (Å²) < 4.78 is 1.81. The van der Waals surface area contributed by atoms with Crippen LogP contribution in [0.1, 0.15) is 30.1 Å². The molecule has 7 heteroatoms. The zero-order valence-electron chi connectivity index (χ0n) is 15.4. The van der Waals surface area contributed by atoms with Crippen molar-refractivity contribution in [2.75, 3.05) is 11.9 Å². The molecular formula is C20H24N6O. The van der Waals surface area contributed by atoms with E-state index in [4.69, 9.17) is 5.73 Å². The van der Waals surface area contributed by atoms with Crippen LogP contribution in [0, 0.1) is 0 Å². The van der Waals surface area contributed by atoms with E-state index in [2.05, 4.69) is 20.7 Å². The summed E-state index contributed by atoms with van der Waals surface area (Å²) in [7, 11) is 0. The van der Waals surface area contributed by atoms with Gasteiger partial charge in [0, 0.05) is 35.9 Å². The molecule has 0 aliphatic heterocycles. The number of nitrogens with two attached hydrogens (primary N) is 1. The fraction of sp³-hybridized carbons (Fsp3) is 0.350. The summed E-state index contributed by atoms with van der Waals surface area (Å²) in [5, 5.41) is 11.4. The lowest BCUT2D eigenvalue weighted by atomic mass is 10.0. The quantitative estimate of drug-likeness (QED) is 0.597. The molecule has 0 spiro atoms. The first-order valence-corrected chi connectivity index (χ1v) is 9.21. The highest BCUT2D eigenvalue weighted by Gasteiger charge is 2.25. The lowest BCUT2D eigenvalue weighted by Gasteiger charge is -2.25. The summed E-state index contributed by atoms with van der Waals surface area (Å²) in [4.78, 5) is 17.3. The van der Waals surface area contributed by atoms with Crippen LogP contribution in [0.15, 0.2) is 48.8 Å². The molecule has 4 rings (SSSR count). The van der Waals surface area contributed by atoms with Crippen LogP contribution >= 0.6 is 0 Å². The smallest absolute Gasteiger partial charge is 0.252 e. The topological polar surface area (TPSA) is 97.9 Å². The first-order chi connectivity index (χ1) is 13.0. The number of pyridine rings is 1. The van der Waals surface area contributed by atoms with E-state index in [1.165, 1.54) is 0 Å². The number of fused-ring (bicyclic) bond motifs is 1. The average molecular weight is 364 g/mol. The Morgan fingerprint density at radius 1 is 1.33 bits per heavy atom. The molecule has 2 heterocycles. The normalized spacial score (nSPS) is 16.1. The van der Waals surface area contributed by atoms with Crippen LogP contribution in [-0.2, 0) is 6.54 Å². The van der Waals surface area contributed by atoms with Gasteiger partial charge >= 0.3 is 0 Å². The third-order valence-corrected chi connectivity index (χ3v) is 4.63. The Morgan fingerprint density at radius 2 is 2.15 bits per heavy atom. The second-order valence-corrected chi connectivity index (χ2v) is 7.53. The van der Waals surface area contributed by atoms with Crippen molar-refractivity contribution in [2.45, 2.75) is 37.9 Å². The van der Waals surface area contributed by atoms with Crippen LogP contribution in [0.5, 0.6) is 0 Å². The number of anilines is 1. The number of carbonyl (C=O) groups is 1. The van der Waals surface area contributed by atoms with E-state index in [0.29, 0.717) is 30.5 Å². The van der Waals surface area contributed by atoms with Crippen LogP contribution in [0.3, 0.4) is 0 Å². The number of hydrogen-bond acceptors (Lipinski definition) is 5. The van der Waals surface area contributed by atoms with Gasteiger partial charge in [0.2, 0.25) is 0 Å². The van der Waals surface area contributed by atoms with Crippen LogP contribution < -0.4 is 16.4 Å². The van der Waals surface area contributed by atoms with E-state index in [-0.39, 0.29) is 5.91 Å². The maximum absolute atomic E-state index is 12.7. The van der Waals surface area contributed by atoms with Crippen LogP contribution in [0.2, 0.25) is 0 Å². The summed E-state index contributed by atoms with van der Waals surface area (Å²) >= 11 is 0. The van der Waals surface area contributed by atoms with Gasteiger partial charge in [-0.3, -0.25) is 9.48 Å². The van der Waals surface area contributed by atoms with Gasteiger partial charge in [-0.05, 0) is 38.0 Å². The summed E-state index contributed by atoms with van der Waals surface area (Å²) in [6.07, 6.45) is 5.73. The number of hydrogen-bond donors (Lipinski definition) is 3. The summed E-state index contributed by atoms with van der Waals surface area (Å²) in [6, 6.07) is 11.7. The van der Waals surface area contributed by atoms with Gasteiger partial charge in [-0.2, -0.15) is 5.10 Å². The molecule has 140 valence electrons. The van der Waals surface area contributed by atoms with Crippen LogP contribution in [0.4, 0.5) is 5.82 Å². The fourth-order valence-corrected chi connectivity index (χ4v) is 3.06. The first-order valence-electron chi connectivity index (χ1n) is 9.21. The maximum atomic E-state index is 12.7. The van der Waals surface area contributed by atoms with E-state index in [9.17, 15) is 4.79 Å². The van der Waals surface area contributed by atoms with Crippen LogP contribution in [0.25, 0.3) is 10.9 Å². The Kier molecular flexibility index (Phi) is 4.53. The molecule has 1 fully saturated rings. The molecule has 1 atom stereocenters. The van der Waals surface area contributed by atoms with Crippen molar-refractivity contribution in [2.24, 2.45) is 5.73 Å². The molecule has 1 aliphatic carbocycles. The lowest BCUT2D eigenvalue weighted by molar-refractivity contribution is 0.0952. The third-order valence-electron chi connectivity index (χ3n) is 4.63. The van der Waals surface area contributed by atoms with E-state index < -0.39 is 5.54 Å². The van der Waals surface area contributed by atoms with E-state index in [1.807, 2.05) is 54.2 Å². The zero-order chi connectivity index (χ0) is 18.9. The molecule has 27 heavy (non-hydrogen) atoms. The molecule has 4 N–H and O–H groups in total. The van der Waals surface area contributed by atoms with Gasteiger partial charge < -0.3 is 16.4 Å². The van der Waals surface area contributed by atoms with Gasteiger partial charge in [0.15, 0.2) is 0 Å². The van der Waals surface area contributed by atoms with Gasteiger partial charge in [-0.25, -0.2) is 4.98 Å². The molecule has 3 aromatic rings. The first kappa shape index (κ1) is 17.5. The largest absolute Gasteiger partial charge is 0.368 e. The van der Waals surface area contributed by atoms with Gasteiger partial charge in [-0.15, -0.1) is 0 Å². The Morgan fingerprint density at radius 3 is 2.89 bits per heavy atom. The summed E-state index contributed by atoms with van der Waals surface area (Å²) in [5.41, 5.74) is 7.32. The molecule has 1 aliphatic rings. The third kappa shape index (κ3) is 4.25. The molecule has 1 amide bonds. The maximum Gasteiger partial charge on any atom is 0.252 e. The second-order valence-electron chi connectivity index (χ2n) is 7.53. The van der Waals surface area contributed by atoms with E-state index in [0.717, 1.165) is 23.7 Å². The van der Waals surface area contributed by atoms with Gasteiger partial charge in [0.1, 0.15) is 5.82 Å². The number of aromatic nitrogens is 3. The van der Waals surface area contributed by atoms with Gasteiger partial charge in [-0.1, -0.05) is 18.2 Å². The molecule has 2 aromatic heterocycles. The van der Waals surface area contributed by atoms with Crippen molar-refractivity contribution in [3.05, 3.63) is 54.4 Å². The number of carbonyl (C=O) groups excluding carboxylic acids is 1. The Balaban J connectivity index is 1.55. The van der Waals surface area contributed by atoms with E-state index in [1.54, 1.807) is 6.20 Å². The van der Waals surface area contributed by atoms with Gasteiger partial charge in [0.05, 0.1) is 17.6 Å². The Hall–Kier alpha value is -2.93. The second kappa shape index (κ2) is 7.00. The number of nitrogens with zero attached hydrogens (tertiary/aromatic N) is 3. The summed E-state index contributed by atoms with van der Waals surface area (Å²) in [5.74, 6) is 0.595. The number of benzene rings is 1. The molecule has 1 unspecified atom stereocenters. The number of rotatable bonds is 7. The van der Waals surface area contributed by atoms with Crippen molar-refractivity contribution in [1.29, 1.82) is 0 Å². The number of nitrogens with one attached hydrogen (secondary N) is 2. The number of para-hydroxylation sites is 1. The average Bonchev–Trinajstić information content (AvgIpc) is 3.32. The zero-order valence-corrected chi connectivity index (χ0v) is 15.4. The Labute approximate surface area is 158 Å². The highest BCUT2D eigenvalue weighted by Crippen LogP contribution is 2.24. The molecule has 1 aromatic carbocycles. The monoisotopic (exact) mass is 364 g/mol. The van der Waals surface area contributed by atoms with Crippen molar-refractivity contribution in [3.63, 3.8) is 0 Å². The highest BCUT2D eigenvalue weighted by atomic mass is 16.1. The predicted molar refractivity (Wildman–Crippen MR) is 106 cm³/mol.